The molecule has 0 radical (unpaired) electrons. The number of methoxy groups -OCH3 is 1. The molecule has 6 heteroatoms. The number of aliphatic carboxylic acids is 1. The van der Waals surface area contributed by atoms with E-state index >= 15 is 0 Å². The monoisotopic (exact) mass is 294 g/mol. The van der Waals surface area contributed by atoms with E-state index in [1.54, 1.807) is 14.2 Å². The fraction of sp³-hybridized carbons (Fsp3) is 0.467. The predicted octanol–water partition coefficient (Wildman–Crippen LogP) is 1.36. The first-order valence-corrected chi connectivity index (χ1v) is 6.82. The van der Waals surface area contributed by atoms with E-state index in [1.165, 1.54) is 4.90 Å². The largest absolute Gasteiger partial charge is 0.480 e. The van der Waals surface area contributed by atoms with Crippen molar-refractivity contribution in [2.75, 3.05) is 27.3 Å². The molecule has 1 rings (SSSR count). The summed E-state index contributed by atoms with van der Waals surface area (Å²) in [5.74, 6) is -1.04. The highest BCUT2D eigenvalue weighted by atomic mass is 16.5. The van der Waals surface area contributed by atoms with E-state index in [0.717, 1.165) is 5.56 Å². The molecule has 0 spiro atoms. The molecule has 0 heterocycles. The maximum atomic E-state index is 12.0. The number of urea groups is 1. The van der Waals surface area contributed by atoms with Crippen molar-refractivity contribution >= 4 is 12.0 Å². The summed E-state index contributed by atoms with van der Waals surface area (Å²) in [7, 11) is 3.23. The second kappa shape index (κ2) is 8.97. The summed E-state index contributed by atoms with van der Waals surface area (Å²) in [5, 5.41) is 11.8. The van der Waals surface area contributed by atoms with Crippen LogP contribution in [0.4, 0.5) is 4.79 Å². The van der Waals surface area contributed by atoms with E-state index in [-0.39, 0.29) is 6.42 Å². The third-order valence-electron chi connectivity index (χ3n) is 3.07. The maximum Gasteiger partial charge on any atom is 0.326 e. The van der Waals surface area contributed by atoms with Crippen LogP contribution < -0.4 is 5.32 Å². The highest BCUT2D eigenvalue weighted by Crippen LogP contribution is 2.04. The first-order valence-electron chi connectivity index (χ1n) is 6.82. The fourth-order valence-electron chi connectivity index (χ4n) is 1.86. The van der Waals surface area contributed by atoms with Gasteiger partial charge in [0.15, 0.2) is 0 Å². The molecule has 2 amide bonds. The van der Waals surface area contributed by atoms with E-state index < -0.39 is 18.0 Å². The van der Waals surface area contributed by atoms with Gasteiger partial charge in [0, 0.05) is 33.7 Å². The van der Waals surface area contributed by atoms with Gasteiger partial charge < -0.3 is 20.1 Å². The van der Waals surface area contributed by atoms with Gasteiger partial charge >= 0.3 is 12.0 Å². The lowest BCUT2D eigenvalue weighted by atomic mass is 10.1. The van der Waals surface area contributed by atoms with Crippen LogP contribution in [0, 0.1) is 0 Å². The van der Waals surface area contributed by atoms with E-state index in [9.17, 15) is 14.7 Å². The van der Waals surface area contributed by atoms with E-state index in [1.807, 2.05) is 30.3 Å². The molecule has 1 aromatic carbocycles. The third kappa shape index (κ3) is 6.27. The predicted molar refractivity (Wildman–Crippen MR) is 79.2 cm³/mol. The molecule has 0 aromatic heterocycles. The van der Waals surface area contributed by atoms with E-state index in [4.69, 9.17) is 4.74 Å². The summed E-state index contributed by atoms with van der Waals surface area (Å²) >= 11 is 0. The number of ether oxygens (including phenoxy) is 1. The minimum atomic E-state index is -1.04. The van der Waals surface area contributed by atoms with Crippen LogP contribution in [0.3, 0.4) is 0 Å². The molecular formula is C15H22N2O4. The van der Waals surface area contributed by atoms with Gasteiger partial charge in [0.2, 0.25) is 0 Å². The first-order chi connectivity index (χ1) is 10.0. The van der Waals surface area contributed by atoms with Crippen LogP contribution in [-0.4, -0.2) is 55.4 Å². The zero-order valence-electron chi connectivity index (χ0n) is 12.4. The van der Waals surface area contributed by atoms with Crippen molar-refractivity contribution in [3.8, 4) is 0 Å². The molecular weight excluding hydrogens is 272 g/mol. The Hall–Kier alpha value is -2.08. The Morgan fingerprint density at radius 3 is 2.57 bits per heavy atom. The molecule has 0 unspecified atom stereocenters. The zero-order valence-corrected chi connectivity index (χ0v) is 12.4. The lowest BCUT2D eigenvalue weighted by molar-refractivity contribution is -0.139. The third-order valence-corrected chi connectivity index (χ3v) is 3.07. The molecule has 0 aliphatic heterocycles. The second-order valence-electron chi connectivity index (χ2n) is 4.80. The van der Waals surface area contributed by atoms with E-state index in [0.29, 0.717) is 19.6 Å². The number of nitrogens with zero attached hydrogens (tertiary/aromatic N) is 1. The fourth-order valence-corrected chi connectivity index (χ4v) is 1.86. The SMILES string of the molecule is COCCCN(C)C(=O)N[C@H](Cc1ccccc1)C(=O)O. The van der Waals surface area contributed by atoms with Crippen LogP contribution in [0.25, 0.3) is 0 Å². The van der Waals surface area contributed by atoms with Crippen molar-refractivity contribution < 1.29 is 19.4 Å². The summed E-state index contributed by atoms with van der Waals surface area (Å²) in [4.78, 5) is 24.7. The summed E-state index contributed by atoms with van der Waals surface area (Å²) in [6.07, 6.45) is 0.963. The Bertz CT molecular complexity index is 450. The quantitative estimate of drug-likeness (QED) is 0.710. The normalized spacial score (nSPS) is 11.7. The number of amides is 2. The second-order valence-corrected chi connectivity index (χ2v) is 4.80. The maximum absolute atomic E-state index is 12.0. The van der Waals surface area contributed by atoms with Crippen LogP contribution in [0.5, 0.6) is 0 Å². The summed E-state index contributed by atoms with van der Waals surface area (Å²) in [6.45, 7) is 1.07. The lowest BCUT2D eigenvalue weighted by Crippen LogP contribution is -2.48. The average Bonchev–Trinajstić information content (AvgIpc) is 2.47. The molecule has 0 bridgehead atoms. The topological polar surface area (TPSA) is 78.9 Å². The Morgan fingerprint density at radius 2 is 2.00 bits per heavy atom. The molecule has 0 fully saturated rings. The van der Waals surface area contributed by atoms with Gasteiger partial charge in [-0.15, -0.1) is 0 Å². The van der Waals surface area contributed by atoms with Gasteiger partial charge in [-0.3, -0.25) is 0 Å². The number of benzene rings is 1. The molecule has 0 aliphatic carbocycles. The molecule has 0 saturated heterocycles. The molecule has 1 aromatic rings. The van der Waals surface area contributed by atoms with Crippen molar-refractivity contribution in [1.29, 1.82) is 0 Å². The smallest absolute Gasteiger partial charge is 0.326 e. The molecule has 6 nitrogen and oxygen atoms in total. The standard InChI is InChI=1S/C15H22N2O4/c1-17(9-6-10-21-2)15(20)16-13(14(18)19)11-12-7-4-3-5-8-12/h3-5,7-8,13H,6,9-11H2,1-2H3,(H,16,20)(H,18,19)/t13-/m1/s1. The Kier molecular flexibility index (Phi) is 7.25. The molecule has 116 valence electrons. The van der Waals surface area contributed by atoms with Crippen LogP contribution in [0.2, 0.25) is 0 Å². The van der Waals surface area contributed by atoms with Gasteiger partial charge in [-0.25, -0.2) is 9.59 Å². The van der Waals surface area contributed by atoms with Gasteiger partial charge in [0.1, 0.15) is 6.04 Å². The molecule has 21 heavy (non-hydrogen) atoms. The number of carboxylic acid groups (broad SMARTS) is 1. The summed E-state index contributed by atoms with van der Waals surface area (Å²) in [5.41, 5.74) is 0.868. The minimum absolute atomic E-state index is 0.258. The van der Waals surface area contributed by atoms with Crippen molar-refractivity contribution in [3.63, 3.8) is 0 Å². The molecule has 0 saturated carbocycles. The van der Waals surface area contributed by atoms with Crippen molar-refractivity contribution in [2.45, 2.75) is 18.9 Å². The minimum Gasteiger partial charge on any atom is -0.480 e. The Balaban J connectivity index is 2.54. The number of hydrogen-bond acceptors (Lipinski definition) is 3. The van der Waals surface area contributed by atoms with Gasteiger partial charge in [0.05, 0.1) is 0 Å². The lowest BCUT2D eigenvalue weighted by Gasteiger charge is -2.21. The summed E-state index contributed by atoms with van der Waals surface area (Å²) < 4.78 is 4.92. The summed E-state index contributed by atoms with van der Waals surface area (Å²) in [6, 6.07) is 7.88. The van der Waals surface area contributed by atoms with Crippen LogP contribution in [0.15, 0.2) is 30.3 Å². The number of carbonyl (C=O) groups is 2. The highest BCUT2D eigenvalue weighted by molar-refractivity contribution is 5.82. The molecule has 1 atom stereocenters. The van der Waals surface area contributed by atoms with Gasteiger partial charge in [0.25, 0.3) is 0 Å². The number of rotatable bonds is 8. The number of carboxylic acids is 1. The van der Waals surface area contributed by atoms with E-state index in [2.05, 4.69) is 5.32 Å². The van der Waals surface area contributed by atoms with Gasteiger partial charge in [-0.05, 0) is 12.0 Å². The Labute approximate surface area is 124 Å². The number of hydrogen-bond donors (Lipinski definition) is 2. The molecule has 2 N–H and O–H groups in total. The van der Waals surface area contributed by atoms with Gasteiger partial charge in [-0.1, -0.05) is 30.3 Å². The molecule has 0 aliphatic rings. The Morgan fingerprint density at radius 1 is 1.33 bits per heavy atom. The first kappa shape index (κ1) is 17.0. The zero-order chi connectivity index (χ0) is 15.7. The average molecular weight is 294 g/mol. The highest BCUT2D eigenvalue weighted by Gasteiger charge is 2.21. The van der Waals surface area contributed by atoms with Gasteiger partial charge in [-0.2, -0.15) is 0 Å². The van der Waals surface area contributed by atoms with Crippen molar-refractivity contribution in [3.05, 3.63) is 35.9 Å². The number of nitrogens with one attached hydrogen (secondary N) is 1. The number of carbonyl (C=O) groups excluding carboxylic acids is 1. The van der Waals surface area contributed by atoms with Crippen LogP contribution >= 0.6 is 0 Å². The van der Waals surface area contributed by atoms with Crippen molar-refractivity contribution in [1.82, 2.24) is 10.2 Å². The van der Waals surface area contributed by atoms with Crippen molar-refractivity contribution in [2.24, 2.45) is 0 Å². The van der Waals surface area contributed by atoms with Crippen LogP contribution in [0.1, 0.15) is 12.0 Å². The van der Waals surface area contributed by atoms with Crippen LogP contribution in [-0.2, 0) is 16.0 Å².